The highest BCUT2D eigenvalue weighted by Gasteiger charge is 2.19. The molecule has 0 fully saturated rings. The fourth-order valence-corrected chi connectivity index (χ4v) is 7.36. The molecule has 48 heavy (non-hydrogen) atoms. The third kappa shape index (κ3) is 6.01. The summed E-state index contributed by atoms with van der Waals surface area (Å²) in [6, 6.07) is 36.2. The van der Waals surface area contributed by atoms with Crippen LogP contribution in [0.15, 0.2) is 109 Å². The number of hydrogen-bond acceptors (Lipinski definition) is 3. The van der Waals surface area contributed by atoms with Gasteiger partial charge in [-0.2, -0.15) is 5.10 Å². The first kappa shape index (κ1) is 31.4. The van der Waals surface area contributed by atoms with Gasteiger partial charge in [0, 0.05) is 40.4 Å². The van der Waals surface area contributed by atoms with E-state index in [2.05, 4.69) is 125 Å². The molecule has 242 valence electrons. The molecule has 0 amide bonds. The van der Waals surface area contributed by atoms with E-state index in [0.717, 1.165) is 51.0 Å². The fraction of sp³-hybridized carbons (Fsp3) is 0.256. The van der Waals surface area contributed by atoms with Gasteiger partial charge in [0.2, 0.25) is 0 Å². The van der Waals surface area contributed by atoms with E-state index >= 15 is 0 Å². The van der Waals surface area contributed by atoms with E-state index in [-0.39, 0.29) is 0 Å². The van der Waals surface area contributed by atoms with Crippen molar-refractivity contribution in [3.05, 3.63) is 132 Å². The van der Waals surface area contributed by atoms with Crippen molar-refractivity contribution in [2.75, 3.05) is 0 Å². The second kappa shape index (κ2) is 13.2. The van der Waals surface area contributed by atoms with Crippen LogP contribution in [-0.4, -0.2) is 19.3 Å². The highest BCUT2D eigenvalue weighted by atomic mass is 16.5. The SMILES string of the molecule is CCCC(C)CC(C)c1ccc2c(c1)c1ccc(Oc3cccc(-n4nc(C)c(-c5ccccc5)c4C)c3)cc1n2-c1cc(C)ccn1. The number of fused-ring (bicyclic) bond motifs is 3. The lowest BCUT2D eigenvalue weighted by Gasteiger charge is -2.17. The van der Waals surface area contributed by atoms with Crippen molar-refractivity contribution in [1.29, 1.82) is 0 Å². The largest absolute Gasteiger partial charge is 0.457 e. The van der Waals surface area contributed by atoms with Crippen LogP contribution in [0.4, 0.5) is 0 Å². The minimum absolute atomic E-state index is 0.493. The van der Waals surface area contributed by atoms with Gasteiger partial charge in [0.05, 0.1) is 22.4 Å². The van der Waals surface area contributed by atoms with Crippen LogP contribution in [0.2, 0.25) is 0 Å². The standard InChI is InChI=1S/C43H44N4O/c1-7-12-28(2)23-30(4)34-17-20-40-39(25-34)38-19-18-37(27-41(38)46(40)42-24-29(3)21-22-44-42)48-36-16-11-15-35(26-36)47-32(6)43(31(5)45-47)33-13-9-8-10-14-33/h8-11,13-22,24-28,30H,7,12,23H2,1-6H3. The maximum atomic E-state index is 6.57. The van der Waals surface area contributed by atoms with Crippen molar-refractivity contribution in [1.82, 2.24) is 19.3 Å². The lowest BCUT2D eigenvalue weighted by molar-refractivity contribution is 0.449. The molecule has 0 radical (unpaired) electrons. The molecule has 0 aliphatic rings. The van der Waals surface area contributed by atoms with E-state index in [1.54, 1.807) is 0 Å². The molecule has 3 aromatic heterocycles. The molecular formula is C43H44N4O. The van der Waals surface area contributed by atoms with Gasteiger partial charge in [0.15, 0.2) is 0 Å². The highest BCUT2D eigenvalue weighted by molar-refractivity contribution is 6.09. The smallest absolute Gasteiger partial charge is 0.137 e. The van der Waals surface area contributed by atoms with Gasteiger partial charge in [-0.25, -0.2) is 9.67 Å². The van der Waals surface area contributed by atoms with E-state index in [1.807, 2.05) is 35.1 Å². The van der Waals surface area contributed by atoms with Gasteiger partial charge in [-0.05, 0) is 104 Å². The Balaban J connectivity index is 1.27. The molecule has 7 rings (SSSR count). The Kier molecular flexibility index (Phi) is 8.62. The summed E-state index contributed by atoms with van der Waals surface area (Å²) in [5.74, 6) is 3.65. The number of aromatic nitrogens is 4. The zero-order chi connectivity index (χ0) is 33.4. The number of pyridine rings is 1. The summed E-state index contributed by atoms with van der Waals surface area (Å²) < 4.78 is 10.9. The van der Waals surface area contributed by atoms with Crippen LogP contribution in [-0.2, 0) is 0 Å². The van der Waals surface area contributed by atoms with Crippen molar-refractivity contribution >= 4 is 21.8 Å². The Hall–Kier alpha value is -5.16. The minimum Gasteiger partial charge on any atom is -0.457 e. The quantitative estimate of drug-likeness (QED) is 0.151. The Morgan fingerprint density at radius 2 is 1.56 bits per heavy atom. The van der Waals surface area contributed by atoms with Crippen LogP contribution in [0.25, 0.3) is 44.4 Å². The van der Waals surface area contributed by atoms with E-state index < -0.39 is 0 Å². The predicted octanol–water partition coefficient (Wildman–Crippen LogP) is 11.7. The van der Waals surface area contributed by atoms with Crippen molar-refractivity contribution in [3.8, 4) is 34.1 Å². The monoisotopic (exact) mass is 632 g/mol. The van der Waals surface area contributed by atoms with Gasteiger partial charge in [0.25, 0.3) is 0 Å². The summed E-state index contributed by atoms with van der Waals surface area (Å²) in [5, 5.41) is 7.36. The van der Waals surface area contributed by atoms with Crippen LogP contribution in [0, 0.1) is 26.7 Å². The predicted molar refractivity (Wildman–Crippen MR) is 199 cm³/mol. The first-order chi connectivity index (χ1) is 23.3. The van der Waals surface area contributed by atoms with Crippen LogP contribution in [0.1, 0.15) is 68.5 Å². The number of nitrogens with zero attached hydrogens (tertiary/aromatic N) is 4. The molecule has 0 N–H and O–H groups in total. The minimum atomic E-state index is 0.493. The normalized spacial score (nSPS) is 12.9. The Morgan fingerprint density at radius 1 is 0.750 bits per heavy atom. The van der Waals surface area contributed by atoms with E-state index in [4.69, 9.17) is 14.8 Å². The maximum absolute atomic E-state index is 6.57. The Morgan fingerprint density at radius 3 is 2.35 bits per heavy atom. The summed E-state index contributed by atoms with van der Waals surface area (Å²) >= 11 is 0. The van der Waals surface area contributed by atoms with Gasteiger partial charge in [-0.1, -0.05) is 76.1 Å². The van der Waals surface area contributed by atoms with Gasteiger partial charge in [0.1, 0.15) is 17.3 Å². The summed E-state index contributed by atoms with van der Waals surface area (Å²) in [7, 11) is 0. The molecule has 0 saturated heterocycles. The molecule has 0 aliphatic carbocycles. The Labute approximate surface area is 283 Å². The van der Waals surface area contributed by atoms with Crippen LogP contribution in [0.5, 0.6) is 11.5 Å². The highest BCUT2D eigenvalue weighted by Crippen LogP contribution is 2.38. The van der Waals surface area contributed by atoms with Gasteiger partial charge in [-0.3, -0.25) is 4.57 Å². The Bertz CT molecular complexity index is 2230. The number of ether oxygens (including phenoxy) is 1. The van der Waals surface area contributed by atoms with E-state index in [0.29, 0.717) is 11.8 Å². The third-order valence-corrected chi connectivity index (χ3v) is 9.65. The zero-order valence-electron chi connectivity index (χ0n) is 28.9. The second-order valence-corrected chi connectivity index (χ2v) is 13.4. The van der Waals surface area contributed by atoms with Gasteiger partial charge >= 0.3 is 0 Å². The summed E-state index contributed by atoms with van der Waals surface area (Å²) in [5.41, 5.74) is 10.2. The number of aryl methyl sites for hydroxylation is 2. The molecule has 2 atom stereocenters. The average molecular weight is 633 g/mol. The third-order valence-electron chi connectivity index (χ3n) is 9.65. The maximum Gasteiger partial charge on any atom is 0.137 e. The summed E-state index contributed by atoms with van der Waals surface area (Å²) in [6.45, 7) is 13.3. The second-order valence-electron chi connectivity index (χ2n) is 13.4. The average Bonchev–Trinajstić information content (AvgIpc) is 3.57. The molecule has 0 bridgehead atoms. The summed E-state index contributed by atoms with van der Waals surface area (Å²) in [6.07, 6.45) is 5.59. The molecular weight excluding hydrogens is 589 g/mol. The van der Waals surface area contributed by atoms with E-state index in [9.17, 15) is 0 Å². The molecule has 0 aliphatic heterocycles. The zero-order valence-corrected chi connectivity index (χ0v) is 28.9. The molecule has 5 nitrogen and oxygen atoms in total. The topological polar surface area (TPSA) is 44.9 Å². The molecule has 2 unspecified atom stereocenters. The van der Waals surface area contributed by atoms with Crippen LogP contribution >= 0.6 is 0 Å². The first-order valence-corrected chi connectivity index (χ1v) is 17.2. The molecule has 3 heterocycles. The summed E-state index contributed by atoms with van der Waals surface area (Å²) in [4.78, 5) is 4.81. The number of benzene rings is 4. The van der Waals surface area contributed by atoms with Crippen LogP contribution < -0.4 is 4.74 Å². The first-order valence-electron chi connectivity index (χ1n) is 17.2. The molecule has 5 heteroatoms. The molecule has 0 saturated carbocycles. The fourth-order valence-electron chi connectivity index (χ4n) is 7.36. The molecule has 0 spiro atoms. The lowest BCUT2D eigenvalue weighted by Crippen LogP contribution is -2.02. The lowest BCUT2D eigenvalue weighted by atomic mass is 9.88. The van der Waals surface area contributed by atoms with Crippen LogP contribution in [0.3, 0.4) is 0 Å². The number of hydrogen-bond donors (Lipinski definition) is 0. The van der Waals surface area contributed by atoms with Gasteiger partial charge in [-0.15, -0.1) is 0 Å². The van der Waals surface area contributed by atoms with Crippen molar-refractivity contribution in [2.24, 2.45) is 5.92 Å². The number of rotatable bonds is 10. The van der Waals surface area contributed by atoms with E-state index in [1.165, 1.54) is 46.7 Å². The molecule has 4 aromatic carbocycles. The molecule has 7 aromatic rings. The van der Waals surface area contributed by atoms with Crippen molar-refractivity contribution < 1.29 is 4.74 Å². The van der Waals surface area contributed by atoms with Crippen molar-refractivity contribution in [3.63, 3.8) is 0 Å². The van der Waals surface area contributed by atoms with Gasteiger partial charge < -0.3 is 4.74 Å². The van der Waals surface area contributed by atoms with Crippen molar-refractivity contribution in [2.45, 2.75) is 66.7 Å².